The average molecular weight is 826 g/mol. The van der Waals surface area contributed by atoms with Crippen LogP contribution >= 0.6 is 0 Å². The molecule has 0 unspecified atom stereocenters. The van der Waals surface area contributed by atoms with Gasteiger partial charge in [0.1, 0.15) is 30.5 Å². The van der Waals surface area contributed by atoms with E-state index in [0.29, 0.717) is 6.42 Å². The van der Waals surface area contributed by atoms with Crippen molar-refractivity contribution in [3.8, 4) is 0 Å². The standard InChI is InChI=1S/C48H91NO9/c1-3-5-7-9-11-13-15-17-18-19-20-21-22-23-25-27-29-31-33-35-37-42(52)47(56)49-40(39-57-48-46(55)45(54)44(53)43(38-50)58-48)41(51)36-34-32-30-28-26-24-16-14-12-10-8-6-4-2/h16,24,34,36,40-46,48,50-55H,3-15,17-23,25-33,35,37-39H2,1-2H3,(H,49,56)/b24-16+,36-34+/t40-,41+,42+,43+,44+,45-,46+,48+/m0/s1. The third-order valence-electron chi connectivity index (χ3n) is 11.6. The second-order valence-corrected chi connectivity index (χ2v) is 17.0. The van der Waals surface area contributed by atoms with E-state index in [-0.39, 0.29) is 6.61 Å². The van der Waals surface area contributed by atoms with E-state index in [1.807, 2.05) is 6.08 Å². The van der Waals surface area contributed by atoms with Crippen LogP contribution in [-0.4, -0.2) is 98.7 Å². The lowest BCUT2D eigenvalue weighted by atomic mass is 9.99. The van der Waals surface area contributed by atoms with Crippen molar-refractivity contribution in [1.82, 2.24) is 5.32 Å². The monoisotopic (exact) mass is 826 g/mol. The number of ether oxygens (including phenoxy) is 2. The van der Waals surface area contributed by atoms with Gasteiger partial charge in [-0.3, -0.25) is 4.79 Å². The van der Waals surface area contributed by atoms with Gasteiger partial charge in [-0.1, -0.05) is 192 Å². The molecule has 1 fully saturated rings. The smallest absolute Gasteiger partial charge is 0.249 e. The minimum absolute atomic E-state index is 0.310. The SMILES string of the molecule is CCCCCCC/C=C/CCCC/C=C/[C@@H](O)[C@H](CO[C@@H]1O[C@H](CO)[C@@H](O)[C@H](O)[C@H]1O)NC(=O)[C@H](O)CCCCCCCCCCCCCCCCCCCCCC. The van der Waals surface area contributed by atoms with E-state index in [9.17, 15) is 35.4 Å². The van der Waals surface area contributed by atoms with Gasteiger partial charge >= 0.3 is 0 Å². The quantitative estimate of drug-likeness (QED) is 0.0235. The number of nitrogens with one attached hydrogen (secondary N) is 1. The van der Waals surface area contributed by atoms with E-state index in [1.165, 1.54) is 135 Å². The third kappa shape index (κ3) is 28.2. The van der Waals surface area contributed by atoms with E-state index in [1.54, 1.807) is 6.08 Å². The minimum Gasteiger partial charge on any atom is -0.394 e. The first-order valence-electron chi connectivity index (χ1n) is 24.2. The Labute approximate surface area is 354 Å². The molecule has 0 radical (unpaired) electrons. The van der Waals surface area contributed by atoms with Crippen LogP contribution in [0.4, 0.5) is 0 Å². The summed E-state index contributed by atoms with van der Waals surface area (Å²) in [5.74, 6) is -0.621. The molecule has 342 valence electrons. The van der Waals surface area contributed by atoms with Gasteiger partial charge in [0.2, 0.25) is 5.91 Å². The van der Waals surface area contributed by atoms with E-state index < -0.39 is 61.5 Å². The van der Waals surface area contributed by atoms with Crippen LogP contribution in [0.1, 0.15) is 213 Å². The maximum Gasteiger partial charge on any atom is 0.249 e. The second-order valence-electron chi connectivity index (χ2n) is 17.0. The zero-order valence-electron chi connectivity index (χ0n) is 37.2. The molecule has 1 amide bonds. The second kappa shape index (κ2) is 38.5. The lowest BCUT2D eigenvalue weighted by Crippen LogP contribution is -2.60. The van der Waals surface area contributed by atoms with Crippen molar-refractivity contribution in [2.45, 2.75) is 262 Å². The van der Waals surface area contributed by atoms with Crippen LogP contribution in [-0.2, 0) is 14.3 Å². The molecule has 0 aromatic carbocycles. The van der Waals surface area contributed by atoms with Crippen LogP contribution < -0.4 is 5.32 Å². The summed E-state index contributed by atoms with van der Waals surface area (Å²) >= 11 is 0. The fourth-order valence-corrected chi connectivity index (χ4v) is 7.63. The summed E-state index contributed by atoms with van der Waals surface area (Å²) in [6.45, 7) is 3.59. The van der Waals surface area contributed by atoms with Crippen molar-refractivity contribution in [2.24, 2.45) is 0 Å². The van der Waals surface area contributed by atoms with Crippen LogP contribution in [0.25, 0.3) is 0 Å². The summed E-state index contributed by atoms with van der Waals surface area (Å²) in [5, 5.41) is 64.7. The first-order valence-corrected chi connectivity index (χ1v) is 24.2. The molecule has 10 nitrogen and oxygen atoms in total. The molecular formula is C48H91NO9. The Bertz CT molecular complexity index is 979. The average Bonchev–Trinajstić information content (AvgIpc) is 3.22. The van der Waals surface area contributed by atoms with Crippen molar-refractivity contribution < 1.29 is 44.9 Å². The van der Waals surface area contributed by atoms with Crippen LogP contribution in [0.5, 0.6) is 0 Å². The molecule has 0 aromatic rings. The molecule has 1 heterocycles. The number of allylic oxidation sites excluding steroid dienone is 3. The maximum absolute atomic E-state index is 13.0. The Kier molecular flexibility index (Phi) is 36.3. The number of aliphatic hydroxyl groups excluding tert-OH is 6. The number of carbonyl (C=O) groups is 1. The van der Waals surface area contributed by atoms with E-state index in [4.69, 9.17) is 9.47 Å². The fourth-order valence-electron chi connectivity index (χ4n) is 7.63. The lowest BCUT2D eigenvalue weighted by Gasteiger charge is -2.40. The lowest BCUT2D eigenvalue weighted by molar-refractivity contribution is -0.302. The molecule has 0 spiro atoms. The van der Waals surface area contributed by atoms with E-state index in [2.05, 4.69) is 31.3 Å². The molecule has 0 aliphatic carbocycles. The first-order chi connectivity index (χ1) is 28.3. The highest BCUT2D eigenvalue weighted by Gasteiger charge is 2.44. The van der Waals surface area contributed by atoms with Gasteiger partial charge < -0.3 is 45.4 Å². The molecule has 7 N–H and O–H groups in total. The van der Waals surface area contributed by atoms with Gasteiger partial charge in [0.05, 0.1) is 25.4 Å². The van der Waals surface area contributed by atoms with Crippen LogP contribution in [0.3, 0.4) is 0 Å². The molecule has 1 aliphatic heterocycles. The topological polar surface area (TPSA) is 169 Å². The van der Waals surface area contributed by atoms with E-state index in [0.717, 1.165) is 57.8 Å². The summed E-state index contributed by atoms with van der Waals surface area (Å²) < 4.78 is 11.1. The number of rotatable bonds is 40. The Morgan fingerprint density at radius 3 is 1.47 bits per heavy atom. The summed E-state index contributed by atoms with van der Waals surface area (Å²) in [6, 6.07) is -0.985. The van der Waals surface area contributed by atoms with Gasteiger partial charge in [0, 0.05) is 0 Å². The van der Waals surface area contributed by atoms with Crippen molar-refractivity contribution in [3.05, 3.63) is 24.3 Å². The number of carbonyl (C=O) groups excluding carboxylic acids is 1. The highest BCUT2D eigenvalue weighted by molar-refractivity contribution is 5.80. The molecule has 0 aromatic heterocycles. The van der Waals surface area contributed by atoms with Gasteiger partial charge in [-0.2, -0.15) is 0 Å². The molecule has 58 heavy (non-hydrogen) atoms. The van der Waals surface area contributed by atoms with Crippen molar-refractivity contribution in [1.29, 1.82) is 0 Å². The Hall–Kier alpha value is -1.37. The highest BCUT2D eigenvalue weighted by atomic mass is 16.7. The predicted molar refractivity (Wildman–Crippen MR) is 236 cm³/mol. The van der Waals surface area contributed by atoms with E-state index >= 15 is 0 Å². The Morgan fingerprint density at radius 1 is 0.586 bits per heavy atom. The molecule has 0 saturated carbocycles. The summed E-state index contributed by atoms with van der Waals surface area (Å²) in [6.07, 6.45) is 35.5. The third-order valence-corrected chi connectivity index (χ3v) is 11.6. The summed E-state index contributed by atoms with van der Waals surface area (Å²) in [5.41, 5.74) is 0. The van der Waals surface area contributed by atoms with Crippen LogP contribution in [0, 0.1) is 0 Å². The number of hydrogen-bond acceptors (Lipinski definition) is 9. The van der Waals surface area contributed by atoms with Crippen LogP contribution in [0.15, 0.2) is 24.3 Å². The molecule has 10 heteroatoms. The van der Waals surface area contributed by atoms with Crippen molar-refractivity contribution in [2.75, 3.05) is 13.2 Å². The molecule has 1 rings (SSSR count). The molecular weight excluding hydrogens is 735 g/mol. The normalized spacial score (nSPS) is 21.6. The number of hydrogen-bond donors (Lipinski definition) is 7. The molecule has 1 aliphatic rings. The zero-order chi connectivity index (χ0) is 42.5. The van der Waals surface area contributed by atoms with Gasteiger partial charge in [0.25, 0.3) is 0 Å². The van der Waals surface area contributed by atoms with Gasteiger partial charge in [-0.05, 0) is 44.9 Å². The predicted octanol–water partition coefficient (Wildman–Crippen LogP) is 9.25. The molecule has 0 bridgehead atoms. The zero-order valence-corrected chi connectivity index (χ0v) is 37.2. The number of unbranched alkanes of at least 4 members (excludes halogenated alkanes) is 27. The molecule has 1 saturated heterocycles. The largest absolute Gasteiger partial charge is 0.394 e. The number of aliphatic hydroxyl groups is 6. The summed E-state index contributed by atoms with van der Waals surface area (Å²) in [4.78, 5) is 13.0. The number of amides is 1. The van der Waals surface area contributed by atoms with Crippen molar-refractivity contribution in [3.63, 3.8) is 0 Å². The van der Waals surface area contributed by atoms with Gasteiger partial charge in [-0.25, -0.2) is 0 Å². The van der Waals surface area contributed by atoms with Gasteiger partial charge in [-0.15, -0.1) is 0 Å². The Balaban J connectivity index is 2.36. The minimum atomic E-state index is -1.61. The maximum atomic E-state index is 13.0. The Morgan fingerprint density at radius 2 is 1.00 bits per heavy atom. The summed E-state index contributed by atoms with van der Waals surface area (Å²) in [7, 11) is 0. The van der Waals surface area contributed by atoms with Gasteiger partial charge in [0.15, 0.2) is 6.29 Å². The molecule has 8 atom stereocenters. The first kappa shape index (κ1) is 54.6. The van der Waals surface area contributed by atoms with Crippen molar-refractivity contribution >= 4 is 5.91 Å². The highest BCUT2D eigenvalue weighted by Crippen LogP contribution is 2.23. The van der Waals surface area contributed by atoms with Crippen LogP contribution in [0.2, 0.25) is 0 Å². The fraction of sp³-hybridized carbons (Fsp3) is 0.896.